The molecule has 2 aromatic rings. The van der Waals surface area contributed by atoms with E-state index in [4.69, 9.17) is 11.6 Å². The summed E-state index contributed by atoms with van der Waals surface area (Å²) in [6.45, 7) is 7.26. The molecule has 0 atom stereocenters. The van der Waals surface area contributed by atoms with Crippen molar-refractivity contribution >= 4 is 17.4 Å². The van der Waals surface area contributed by atoms with Gasteiger partial charge in [0.1, 0.15) is 11.6 Å². The number of benzene rings is 1. The lowest BCUT2D eigenvalue weighted by atomic mass is 10.00. The van der Waals surface area contributed by atoms with Gasteiger partial charge in [0.2, 0.25) is 0 Å². The number of anilines is 1. The fraction of sp³-hybridized carbons (Fsp3) is 0.389. The largest absolute Gasteiger partial charge is 0.366 e. The van der Waals surface area contributed by atoms with Crippen LogP contribution in [0.2, 0.25) is 5.02 Å². The van der Waals surface area contributed by atoms with Gasteiger partial charge in [-0.25, -0.2) is 0 Å². The van der Waals surface area contributed by atoms with Gasteiger partial charge in [-0.15, -0.1) is 5.10 Å². The number of halogens is 1. The minimum Gasteiger partial charge on any atom is -0.366 e. The number of fused-ring (bicyclic) bond motifs is 1. The van der Waals surface area contributed by atoms with Crippen LogP contribution in [0.25, 0.3) is 0 Å². The number of nitrogens with one attached hydrogen (secondary N) is 1. The molecule has 0 saturated heterocycles. The van der Waals surface area contributed by atoms with Gasteiger partial charge < -0.3 is 5.32 Å². The standard InChI is InChI=1S/C18H20ClN5/c1-12-13(2)22-23-18(16(12)10-20)21-7-9-24-8-6-15-14(11-24)4-3-5-17(15)19/h3-5H,6-9,11H2,1-2H3,(H,21,23). The molecule has 124 valence electrons. The van der Waals surface area contributed by atoms with Crippen LogP contribution in [0.3, 0.4) is 0 Å². The molecular formula is C18H20ClN5. The van der Waals surface area contributed by atoms with Gasteiger partial charge >= 0.3 is 0 Å². The fourth-order valence-electron chi connectivity index (χ4n) is 3.01. The van der Waals surface area contributed by atoms with Crippen molar-refractivity contribution < 1.29 is 0 Å². The summed E-state index contributed by atoms with van der Waals surface area (Å²) in [7, 11) is 0. The molecule has 1 aliphatic rings. The van der Waals surface area contributed by atoms with Crippen molar-refractivity contribution in [3.05, 3.63) is 51.2 Å². The van der Waals surface area contributed by atoms with Crippen molar-refractivity contribution in [3.8, 4) is 6.07 Å². The molecule has 5 nitrogen and oxygen atoms in total. The van der Waals surface area contributed by atoms with Gasteiger partial charge in [0.25, 0.3) is 0 Å². The summed E-state index contributed by atoms with van der Waals surface area (Å²) in [5.41, 5.74) is 4.84. The van der Waals surface area contributed by atoms with E-state index in [1.54, 1.807) is 0 Å². The van der Waals surface area contributed by atoms with E-state index in [0.29, 0.717) is 11.4 Å². The topological polar surface area (TPSA) is 64.8 Å². The van der Waals surface area contributed by atoms with Crippen molar-refractivity contribution in [2.24, 2.45) is 0 Å². The number of nitrogens with zero attached hydrogens (tertiary/aromatic N) is 4. The number of hydrogen-bond donors (Lipinski definition) is 1. The molecule has 0 radical (unpaired) electrons. The lowest BCUT2D eigenvalue weighted by molar-refractivity contribution is 0.264. The Morgan fingerprint density at radius 2 is 2.17 bits per heavy atom. The Balaban J connectivity index is 1.61. The quantitative estimate of drug-likeness (QED) is 0.925. The number of aromatic nitrogens is 2. The van der Waals surface area contributed by atoms with E-state index >= 15 is 0 Å². The van der Waals surface area contributed by atoms with Crippen LogP contribution in [0.4, 0.5) is 5.82 Å². The molecule has 24 heavy (non-hydrogen) atoms. The molecule has 0 unspecified atom stereocenters. The van der Waals surface area contributed by atoms with Crippen molar-refractivity contribution in [2.75, 3.05) is 25.0 Å². The molecule has 6 heteroatoms. The Morgan fingerprint density at radius 1 is 1.33 bits per heavy atom. The highest BCUT2D eigenvalue weighted by molar-refractivity contribution is 6.31. The van der Waals surface area contributed by atoms with Crippen LogP contribution in [0.15, 0.2) is 18.2 Å². The molecule has 1 aromatic heterocycles. The lowest BCUT2D eigenvalue weighted by Gasteiger charge is -2.29. The Kier molecular flexibility index (Phi) is 4.98. The minimum absolute atomic E-state index is 0.570. The third-order valence-electron chi connectivity index (χ3n) is 4.57. The SMILES string of the molecule is Cc1nnc(NCCN2CCc3c(Cl)cccc3C2)c(C#N)c1C. The Labute approximate surface area is 147 Å². The monoisotopic (exact) mass is 341 g/mol. The Morgan fingerprint density at radius 3 is 2.96 bits per heavy atom. The Hall–Kier alpha value is -2.16. The first-order chi connectivity index (χ1) is 11.6. The minimum atomic E-state index is 0.570. The molecule has 1 aliphatic heterocycles. The predicted octanol–water partition coefficient (Wildman–Crippen LogP) is 3.09. The predicted molar refractivity (Wildman–Crippen MR) is 95.1 cm³/mol. The van der Waals surface area contributed by atoms with E-state index in [2.05, 4.69) is 32.5 Å². The molecule has 2 heterocycles. The maximum absolute atomic E-state index is 9.33. The summed E-state index contributed by atoms with van der Waals surface area (Å²) in [6.07, 6.45) is 0.974. The van der Waals surface area contributed by atoms with Crippen molar-refractivity contribution in [3.63, 3.8) is 0 Å². The molecule has 1 aromatic carbocycles. The first-order valence-electron chi connectivity index (χ1n) is 8.06. The molecule has 0 amide bonds. The molecule has 3 rings (SSSR count). The number of aryl methyl sites for hydroxylation is 1. The van der Waals surface area contributed by atoms with Crippen molar-refractivity contribution in [1.29, 1.82) is 5.26 Å². The zero-order chi connectivity index (χ0) is 17.1. The average molecular weight is 342 g/mol. The van der Waals surface area contributed by atoms with Crippen LogP contribution in [0, 0.1) is 25.2 Å². The van der Waals surface area contributed by atoms with E-state index < -0.39 is 0 Å². The molecular weight excluding hydrogens is 322 g/mol. The lowest BCUT2D eigenvalue weighted by Crippen LogP contribution is -2.34. The van der Waals surface area contributed by atoms with Crippen LogP contribution < -0.4 is 5.32 Å². The number of hydrogen-bond acceptors (Lipinski definition) is 5. The molecule has 0 fully saturated rings. The normalized spacial score (nSPS) is 14.1. The van der Waals surface area contributed by atoms with Crippen LogP contribution in [0.1, 0.15) is 27.9 Å². The fourth-order valence-corrected chi connectivity index (χ4v) is 3.30. The van der Waals surface area contributed by atoms with E-state index in [0.717, 1.165) is 48.9 Å². The maximum Gasteiger partial charge on any atom is 0.166 e. The van der Waals surface area contributed by atoms with Crippen LogP contribution in [-0.2, 0) is 13.0 Å². The van der Waals surface area contributed by atoms with Gasteiger partial charge in [-0.1, -0.05) is 23.7 Å². The van der Waals surface area contributed by atoms with Crippen LogP contribution in [-0.4, -0.2) is 34.7 Å². The van der Waals surface area contributed by atoms with Crippen molar-refractivity contribution in [2.45, 2.75) is 26.8 Å². The van der Waals surface area contributed by atoms with Gasteiger partial charge in [0.05, 0.1) is 5.69 Å². The summed E-state index contributed by atoms with van der Waals surface area (Å²) >= 11 is 6.26. The molecule has 0 bridgehead atoms. The zero-order valence-corrected chi connectivity index (χ0v) is 14.7. The average Bonchev–Trinajstić information content (AvgIpc) is 2.58. The highest BCUT2D eigenvalue weighted by atomic mass is 35.5. The van der Waals surface area contributed by atoms with Crippen LogP contribution in [0.5, 0.6) is 0 Å². The van der Waals surface area contributed by atoms with Gasteiger partial charge in [-0.3, -0.25) is 4.90 Å². The second-order valence-electron chi connectivity index (χ2n) is 6.08. The number of rotatable bonds is 4. The van der Waals surface area contributed by atoms with Gasteiger partial charge in [0, 0.05) is 31.2 Å². The second kappa shape index (κ2) is 7.16. The van der Waals surface area contributed by atoms with Gasteiger partial charge in [-0.05, 0) is 43.0 Å². The molecule has 0 saturated carbocycles. The third kappa shape index (κ3) is 3.35. The van der Waals surface area contributed by atoms with E-state index in [1.807, 2.05) is 26.0 Å². The summed E-state index contributed by atoms with van der Waals surface area (Å²) in [5, 5.41) is 21.7. The summed E-state index contributed by atoms with van der Waals surface area (Å²) in [6, 6.07) is 8.33. The van der Waals surface area contributed by atoms with Crippen molar-refractivity contribution in [1.82, 2.24) is 15.1 Å². The number of nitriles is 1. The highest BCUT2D eigenvalue weighted by Gasteiger charge is 2.18. The van der Waals surface area contributed by atoms with Crippen LogP contribution >= 0.6 is 11.6 Å². The first-order valence-corrected chi connectivity index (χ1v) is 8.44. The van der Waals surface area contributed by atoms with Gasteiger partial charge in [0.15, 0.2) is 5.82 Å². The third-order valence-corrected chi connectivity index (χ3v) is 4.93. The van der Waals surface area contributed by atoms with Gasteiger partial charge in [-0.2, -0.15) is 10.4 Å². The summed E-state index contributed by atoms with van der Waals surface area (Å²) in [4.78, 5) is 2.38. The first kappa shape index (κ1) is 16.7. The van der Waals surface area contributed by atoms with E-state index in [1.165, 1.54) is 11.1 Å². The highest BCUT2D eigenvalue weighted by Crippen LogP contribution is 2.25. The summed E-state index contributed by atoms with van der Waals surface area (Å²) < 4.78 is 0. The van der Waals surface area contributed by atoms with E-state index in [-0.39, 0.29) is 0 Å². The molecule has 0 aliphatic carbocycles. The summed E-state index contributed by atoms with van der Waals surface area (Å²) in [5.74, 6) is 0.570. The van der Waals surface area contributed by atoms with E-state index in [9.17, 15) is 5.26 Å². The zero-order valence-electron chi connectivity index (χ0n) is 13.9. The Bertz CT molecular complexity index is 797. The smallest absolute Gasteiger partial charge is 0.166 e. The molecule has 0 spiro atoms. The molecule has 1 N–H and O–H groups in total. The maximum atomic E-state index is 9.33. The second-order valence-corrected chi connectivity index (χ2v) is 6.48.